The number of carbonyl (C=O) groups excluding carboxylic acids is 1. The van der Waals surface area contributed by atoms with Crippen LogP contribution >= 0.6 is 15.9 Å². The van der Waals surface area contributed by atoms with Crippen LogP contribution in [-0.2, 0) is 23.9 Å². The van der Waals surface area contributed by atoms with E-state index in [-0.39, 0.29) is 33.5 Å². The average molecular weight is 517 g/mol. The molecule has 0 fully saturated rings. The predicted molar refractivity (Wildman–Crippen MR) is 121 cm³/mol. The summed E-state index contributed by atoms with van der Waals surface area (Å²) in [5.41, 5.74) is 1.21. The third kappa shape index (κ3) is 3.89. The summed E-state index contributed by atoms with van der Waals surface area (Å²) in [5, 5.41) is 12.5. The number of anilines is 1. The van der Waals surface area contributed by atoms with Crippen LogP contribution in [0.2, 0.25) is 0 Å². The van der Waals surface area contributed by atoms with Gasteiger partial charge in [0.05, 0.1) is 26.6 Å². The molecule has 10 heteroatoms. The third-order valence-electron chi connectivity index (χ3n) is 5.33. The van der Waals surface area contributed by atoms with Gasteiger partial charge >= 0.3 is 6.18 Å². The SMILES string of the molecule is CCc1c(Br)c(=O)n2c3ccccc3n(CC(=O)Nc3ccc(C(F)(F)F)cc3)c2c1C#N. The number of para-hydroxylation sites is 2. The molecule has 6 nitrogen and oxygen atoms in total. The molecule has 0 radical (unpaired) electrons. The van der Waals surface area contributed by atoms with Gasteiger partial charge in [-0.25, -0.2) is 0 Å². The molecule has 0 saturated carbocycles. The molecule has 0 aliphatic rings. The standard InChI is InChI=1S/C23H16BrF3N4O2/c1-2-15-16(11-28)21-30(17-5-3-4-6-18(17)31(21)22(33)20(15)24)12-19(32)29-14-9-7-13(8-10-14)23(25,26)27/h3-10H,2,12H2,1H3,(H,29,32). The van der Waals surface area contributed by atoms with Crippen LogP contribution in [0.3, 0.4) is 0 Å². The van der Waals surface area contributed by atoms with Gasteiger partial charge in [0.2, 0.25) is 5.91 Å². The molecule has 1 N–H and O–H groups in total. The lowest BCUT2D eigenvalue weighted by Gasteiger charge is -2.12. The molecule has 2 aromatic carbocycles. The van der Waals surface area contributed by atoms with Crippen molar-refractivity contribution in [1.82, 2.24) is 8.97 Å². The summed E-state index contributed by atoms with van der Waals surface area (Å²) in [4.78, 5) is 25.9. The third-order valence-corrected chi connectivity index (χ3v) is 6.14. The number of aromatic nitrogens is 2. The predicted octanol–water partition coefficient (Wildman–Crippen LogP) is 5.11. The van der Waals surface area contributed by atoms with Gasteiger partial charge in [0.15, 0.2) is 0 Å². The lowest BCUT2D eigenvalue weighted by Crippen LogP contribution is -2.22. The lowest BCUT2D eigenvalue weighted by molar-refractivity contribution is -0.137. The quantitative estimate of drug-likeness (QED) is 0.409. The number of imidazole rings is 1. The summed E-state index contributed by atoms with van der Waals surface area (Å²) in [6.07, 6.45) is -4.05. The average Bonchev–Trinajstić information content (AvgIpc) is 3.10. The Morgan fingerprint density at radius 2 is 1.76 bits per heavy atom. The van der Waals surface area contributed by atoms with E-state index in [2.05, 4.69) is 27.3 Å². The Morgan fingerprint density at radius 3 is 2.33 bits per heavy atom. The normalized spacial score (nSPS) is 11.6. The maximum atomic E-state index is 13.1. The fraction of sp³-hybridized carbons (Fsp3) is 0.174. The molecule has 4 aromatic rings. The van der Waals surface area contributed by atoms with Crippen molar-refractivity contribution in [2.24, 2.45) is 0 Å². The van der Waals surface area contributed by atoms with Crippen molar-refractivity contribution in [3.05, 3.63) is 80.0 Å². The minimum absolute atomic E-state index is 0.198. The largest absolute Gasteiger partial charge is 0.416 e. The number of hydrogen-bond donors (Lipinski definition) is 1. The summed E-state index contributed by atoms with van der Waals surface area (Å²) in [5.74, 6) is -0.518. The van der Waals surface area contributed by atoms with E-state index in [1.54, 1.807) is 28.8 Å². The first-order chi connectivity index (χ1) is 15.7. The van der Waals surface area contributed by atoms with Crippen molar-refractivity contribution in [3.63, 3.8) is 0 Å². The van der Waals surface area contributed by atoms with Crippen molar-refractivity contribution in [2.75, 3.05) is 5.32 Å². The van der Waals surface area contributed by atoms with Crippen LogP contribution in [0.4, 0.5) is 18.9 Å². The molecule has 4 rings (SSSR count). The Hall–Kier alpha value is -3.58. The van der Waals surface area contributed by atoms with Gasteiger partial charge in [-0.15, -0.1) is 0 Å². The first-order valence-electron chi connectivity index (χ1n) is 9.88. The van der Waals surface area contributed by atoms with E-state index in [0.717, 1.165) is 12.1 Å². The lowest BCUT2D eigenvalue weighted by atomic mass is 10.1. The van der Waals surface area contributed by atoms with E-state index < -0.39 is 17.6 Å². The number of alkyl halides is 3. The number of carbonyl (C=O) groups is 1. The van der Waals surface area contributed by atoms with Gasteiger partial charge in [0.25, 0.3) is 5.56 Å². The second-order valence-electron chi connectivity index (χ2n) is 7.30. The minimum atomic E-state index is -4.47. The molecule has 0 bridgehead atoms. The highest BCUT2D eigenvalue weighted by Crippen LogP contribution is 2.30. The van der Waals surface area contributed by atoms with Gasteiger partial charge in [-0.3, -0.25) is 14.0 Å². The Labute approximate surface area is 194 Å². The van der Waals surface area contributed by atoms with Crippen LogP contribution in [-0.4, -0.2) is 14.9 Å². The number of halogens is 4. The molecule has 0 atom stereocenters. The van der Waals surface area contributed by atoms with E-state index in [4.69, 9.17) is 0 Å². The number of amides is 1. The highest BCUT2D eigenvalue weighted by Gasteiger charge is 2.30. The van der Waals surface area contributed by atoms with E-state index in [9.17, 15) is 28.0 Å². The number of pyridine rings is 1. The molecular weight excluding hydrogens is 501 g/mol. The van der Waals surface area contributed by atoms with Gasteiger partial charge in [0.1, 0.15) is 18.3 Å². The van der Waals surface area contributed by atoms with Crippen LogP contribution in [0.5, 0.6) is 0 Å². The molecule has 1 amide bonds. The fourth-order valence-corrected chi connectivity index (χ4v) is 4.51. The molecule has 2 aromatic heterocycles. The topological polar surface area (TPSA) is 79.3 Å². The van der Waals surface area contributed by atoms with Crippen molar-refractivity contribution in [1.29, 1.82) is 5.26 Å². The van der Waals surface area contributed by atoms with Crippen molar-refractivity contribution in [2.45, 2.75) is 26.1 Å². The monoisotopic (exact) mass is 516 g/mol. The van der Waals surface area contributed by atoms with Gasteiger partial charge in [-0.2, -0.15) is 18.4 Å². The number of fused-ring (bicyclic) bond motifs is 3. The molecule has 0 saturated heterocycles. The summed E-state index contributed by atoms with van der Waals surface area (Å²) in [6, 6.07) is 13.2. The number of hydrogen-bond acceptors (Lipinski definition) is 3. The molecule has 33 heavy (non-hydrogen) atoms. The number of benzene rings is 2. The number of nitrogens with one attached hydrogen (secondary N) is 1. The van der Waals surface area contributed by atoms with Crippen LogP contribution in [0, 0.1) is 11.3 Å². The highest BCUT2D eigenvalue weighted by atomic mass is 79.9. The molecule has 0 unspecified atom stereocenters. The second kappa shape index (κ2) is 8.41. The Bertz CT molecular complexity index is 1500. The van der Waals surface area contributed by atoms with Crippen LogP contribution in [0.15, 0.2) is 57.8 Å². The Kier molecular flexibility index (Phi) is 5.76. The molecule has 168 valence electrons. The molecular formula is C23H16BrF3N4O2. The van der Waals surface area contributed by atoms with Crippen LogP contribution in [0.1, 0.15) is 23.6 Å². The first kappa shape index (κ1) is 22.6. The Morgan fingerprint density at radius 1 is 1.12 bits per heavy atom. The molecule has 2 heterocycles. The zero-order chi connectivity index (χ0) is 23.9. The smallest absolute Gasteiger partial charge is 0.325 e. The van der Waals surface area contributed by atoms with Gasteiger partial charge in [-0.05, 0) is 64.3 Å². The summed E-state index contributed by atoms with van der Waals surface area (Å²) in [7, 11) is 0. The maximum Gasteiger partial charge on any atom is 0.416 e. The molecule has 0 aliphatic carbocycles. The summed E-state index contributed by atoms with van der Waals surface area (Å²) >= 11 is 3.31. The number of rotatable bonds is 4. The van der Waals surface area contributed by atoms with Crippen molar-refractivity contribution >= 4 is 44.2 Å². The van der Waals surface area contributed by atoms with Crippen LogP contribution < -0.4 is 10.9 Å². The zero-order valence-electron chi connectivity index (χ0n) is 17.2. The first-order valence-corrected chi connectivity index (χ1v) is 10.7. The van der Waals surface area contributed by atoms with Gasteiger partial charge < -0.3 is 9.88 Å². The molecule has 0 spiro atoms. The van der Waals surface area contributed by atoms with E-state index in [1.807, 2.05) is 6.92 Å². The number of nitriles is 1. The van der Waals surface area contributed by atoms with E-state index in [0.29, 0.717) is 23.0 Å². The van der Waals surface area contributed by atoms with Gasteiger partial charge in [-0.1, -0.05) is 19.1 Å². The van der Waals surface area contributed by atoms with E-state index in [1.165, 1.54) is 16.5 Å². The van der Waals surface area contributed by atoms with E-state index >= 15 is 0 Å². The minimum Gasteiger partial charge on any atom is -0.325 e. The number of nitrogens with zero attached hydrogens (tertiary/aromatic N) is 3. The zero-order valence-corrected chi connectivity index (χ0v) is 18.8. The maximum absolute atomic E-state index is 13.1. The molecule has 0 aliphatic heterocycles. The highest BCUT2D eigenvalue weighted by molar-refractivity contribution is 9.10. The summed E-state index contributed by atoms with van der Waals surface area (Å²) < 4.78 is 41.6. The Balaban J connectivity index is 1.82. The van der Waals surface area contributed by atoms with Crippen molar-refractivity contribution < 1.29 is 18.0 Å². The van der Waals surface area contributed by atoms with Gasteiger partial charge in [0, 0.05) is 5.69 Å². The second-order valence-corrected chi connectivity index (χ2v) is 8.09. The van der Waals surface area contributed by atoms with Crippen LogP contribution in [0.25, 0.3) is 16.7 Å². The fourth-order valence-electron chi connectivity index (χ4n) is 3.85. The van der Waals surface area contributed by atoms with Crippen molar-refractivity contribution in [3.8, 4) is 6.07 Å². The summed E-state index contributed by atoms with van der Waals surface area (Å²) in [6.45, 7) is 1.57.